The molecule has 2 aromatic rings. The minimum Gasteiger partial charge on any atom is -0.453 e. The Bertz CT molecular complexity index is 575. The van der Waals surface area contributed by atoms with Crippen molar-refractivity contribution in [1.29, 1.82) is 0 Å². The molecule has 0 fully saturated rings. The topological polar surface area (TPSA) is 30.2 Å². The average Bonchev–Trinajstić information content (AvgIpc) is 2.59. The van der Waals surface area contributed by atoms with Gasteiger partial charge in [0.15, 0.2) is 5.76 Å². The highest BCUT2D eigenvalue weighted by Gasteiger charge is 2.09. The lowest BCUT2D eigenvalue weighted by molar-refractivity contribution is 0.102. The number of hydrogen-bond acceptors (Lipinski definition) is 2. The summed E-state index contributed by atoms with van der Waals surface area (Å²) in [5, 5.41) is 1.48. The Morgan fingerprint density at radius 1 is 1.31 bits per heavy atom. The highest BCUT2D eigenvalue weighted by molar-refractivity contribution is 6.31. The number of furan rings is 1. The van der Waals surface area contributed by atoms with E-state index in [4.69, 9.17) is 16.0 Å². The molecule has 1 aromatic heterocycles. The van der Waals surface area contributed by atoms with Crippen molar-refractivity contribution in [2.45, 2.75) is 13.8 Å². The Morgan fingerprint density at radius 3 is 2.75 bits per heavy atom. The normalized spacial score (nSPS) is 10.4. The van der Waals surface area contributed by atoms with E-state index in [0.717, 1.165) is 11.0 Å². The number of halogens is 1. The van der Waals surface area contributed by atoms with Crippen LogP contribution in [0.25, 0.3) is 11.0 Å². The predicted molar refractivity (Wildman–Crippen MR) is 65.0 cm³/mol. The molecule has 0 spiro atoms. The van der Waals surface area contributed by atoms with E-state index in [2.05, 4.69) is 0 Å². The van der Waals surface area contributed by atoms with Crippen LogP contribution < -0.4 is 0 Å². The van der Waals surface area contributed by atoms with E-state index in [-0.39, 0.29) is 5.78 Å². The smallest absolute Gasteiger partial charge is 0.220 e. The third kappa shape index (κ3) is 2.17. The van der Waals surface area contributed by atoms with Crippen LogP contribution in [0.2, 0.25) is 5.02 Å². The van der Waals surface area contributed by atoms with Gasteiger partial charge in [-0.2, -0.15) is 0 Å². The second-order valence-electron chi connectivity index (χ2n) is 3.88. The largest absolute Gasteiger partial charge is 0.453 e. The van der Waals surface area contributed by atoms with Crippen molar-refractivity contribution in [2.75, 3.05) is 0 Å². The number of carbonyl (C=O) groups is 1. The summed E-state index contributed by atoms with van der Waals surface area (Å²) in [5.74, 6) is 0.228. The molecule has 0 aliphatic rings. The predicted octanol–water partition coefficient (Wildman–Crippen LogP) is 4.24. The minimum atomic E-state index is -0.118. The molecular formula is C13H11ClO2. The van der Waals surface area contributed by atoms with Crippen LogP contribution in [0.5, 0.6) is 0 Å². The van der Waals surface area contributed by atoms with Crippen LogP contribution in [0, 0.1) is 0 Å². The van der Waals surface area contributed by atoms with Gasteiger partial charge >= 0.3 is 0 Å². The summed E-state index contributed by atoms with van der Waals surface area (Å²) in [6.45, 7) is 3.74. The Hall–Kier alpha value is -1.54. The molecule has 0 N–H and O–H groups in total. The Kier molecular flexibility index (Phi) is 2.84. The van der Waals surface area contributed by atoms with E-state index >= 15 is 0 Å². The number of carbonyl (C=O) groups excluding carboxylic acids is 1. The zero-order chi connectivity index (χ0) is 11.7. The standard InChI is InChI=1S/C13H11ClO2/c1-8(2)5-11(15)13-7-9-6-10(14)3-4-12(9)16-13/h3-7H,1-2H3. The number of ketones is 1. The maximum Gasteiger partial charge on any atom is 0.220 e. The highest BCUT2D eigenvalue weighted by Crippen LogP contribution is 2.23. The molecular weight excluding hydrogens is 224 g/mol. The van der Waals surface area contributed by atoms with Gasteiger partial charge in [-0.1, -0.05) is 17.2 Å². The molecule has 3 heteroatoms. The van der Waals surface area contributed by atoms with Crippen LogP contribution in [0.4, 0.5) is 0 Å². The van der Waals surface area contributed by atoms with Gasteiger partial charge < -0.3 is 4.42 Å². The fourth-order valence-corrected chi connectivity index (χ4v) is 1.65. The lowest BCUT2D eigenvalue weighted by atomic mass is 10.2. The molecule has 0 saturated carbocycles. The van der Waals surface area contributed by atoms with Gasteiger partial charge in [0, 0.05) is 10.4 Å². The molecule has 0 aliphatic heterocycles. The van der Waals surface area contributed by atoms with E-state index in [1.165, 1.54) is 0 Å². The fraction of sp³-hybridized carbons (Fsp3) is 0.154. The molecule has 0 atom stereocenters. The van der Waals surface area contributed by atoms with Crippen LogP contribution in [-0.2, 0) is 0 Å². The molecule has 16 heavy (non-hydrogen) atoms. The highest BCUT2D eigenvalue weighted by atomic mass is 35.5. The Labute approximate surface area is 98.5 Å². The first kappa shape index (κ1) is 11.0. The molecule has 0 saturated heterocycles. The molecule has 0 amide bonds. The molecule has 0 aliphatic carbocycles. The summed E-state index contributed by atoms with van der Waals surface area (Å²) < 4.78 is 5.43. The van der Waals surface area contributed by atoms with E-state index in [9.17, 15) is 4.79 Å². The molecule has 0 radical (unpaired) electrons. The van der Waals surface area contributed by atoms with Crippen molar-refractivity contribution >= 4 is 28.4 Å². The Balaban J connectivity index is 2.47. The summed E-state index contributed by atoms with van der Waals surface area (Å²) in [6, 6.07) is 6.99. The van der Waals surface area contributed by atoms with Gasteiger partial charge in [0.05, 0.1) is 0 Å². The number of benzene rings is 1. The molecule has 0 bridgehead atoms. The van der Waals surface area contributed by atoms with Crippen molar-refractivity contribution in [2.24, 2.45) is 0 Å². The lowest BCUT2D eigenvalue weighted by Gasteiger charge is -1.89. The molecule has 2 nitrogen and oxygen atoms in total. The van der Waals surface area contributed by atoms with Gasteiger partial charge in [0.25, 0.3) is 0 Å². The molecule has 1 aromatic carbocycles. The maximum atomic E-state index is 11.7. The van der Waals surface area contributed by atoms with E-state index in [0.29, 0.717) is 16.4 Å². The molecule has 2 rings (SSSR count). The summed E-state index contributed by atoms with van der Waals surface area (Å²) >= 11 is 5.85. The van der Waals surface area contributed by atoms with Gasteiger partial charge in [-0.3, -0.25) is 4.79 Å². The first-order valence-electron chi connectivity index (χ1n) is 4.94. The van der Waals surface area contributed by atoms with Gasteiger partial charge in [0.1, 0.15) is 5.58 Å². The van der Waals surface area contributed by atoms with E-state index in [1.807, 2.05) is 13.8 Å². The van der Waals surface area contributed by atoms with Crippen molar-refractivity contribution in [1.82, 2.24) is 0 Å². The SMILES string of the molecule is CC(C)=CC(=O)c1cc2cc(Cl)ccc2o1. The number of hydrogen-bond donors (Lipinski definition) is 0. The number of fused-ring (bicyclic) bond motifs is 1. The van der Waals surface area contributed by atoms with Crippen molar-refractivity contribution < 1.29 is 9.21 Å². The second-order valence-corrected chi connectivity index (χ2v) is 4.32. The summed E-state index contributed by atoms with van der Waals surface area (Å²) in [4.78, 5) is 11.7. The fourth-order valence-electron chi connectivity index (χ4n) is 1.47. The molecule has 82 valence electrons. The second kappa shape index (κ2) is 4.14. The van der Waals surface area contributed by atoms with Crippen molar-refractivity contribution in [3.05, 3.63) is 46.7 Å². The van der Waals surface area contributed by atoms with Crippen LogP contribution in [0.3, 0.4) is 0 Å². The van der Waals surface area contributed by atoms with Gasteiger partial charge in [-0.15, -0.1) is 0 Å². The monoisotopic (exact) mass is 234 g/mol. The zero-order valence-corrected chi connectivity index (χ0v) is 9.84. The van der Waals surface area contributed by atoms with E-state index in [1.54, 1.807) is 30.3 Å². The molecule has 1 heterocycles. The van der Waals surface area contributed by atoms with Crippen molar-refractivity contribution in [3.63, 3.8) is 0 Å². The third-order valence-corrected chi connectivity index (χ3v) is 2.38. The lowest BCUT2D eigenvalue weighted by Crippen LogP contribution is -1.91. The van der Waals surface area contributed by atoms with E-state index < -0.39 is 0 Å². The molecule has 0 unspecified atom stereocenters. The van der Waals surface area contributed by atoms with Gasteiger partial charge in [0.2, 0.25) is 5.78 Å². The Morgan fingerprint density at radius 2 is 2.06 bits per heavy atom. The van der Waals surface area contributed by atoms with Gasteiger partial charge in [-0.05, 0) is 44.2 Å². The van der Waals surface area contributed by atoms with Crippen LogP contribution in [0.15, 0.2) is 40.3 Å². The minimum absolute atomic E-state index is 0.118. The first-order valence-corrected chi connectivity index (χ1v) is 5.32. The van der Waals surface area contributed by atoms with Crippen LogP contribution in [-0.4, -0.2) is 5.78 Å². The quantitative estimate of drug-likeness (QED) is 0.575. The first-order chi connectivity index (χ1) is 7.56. The number of rotatable bonds is 2. The van der Waals surface area contributed by atoms with Crippen molar-refractivity contribution in [3.8, 4) is 0 Å². The third-order valence-electron chi connectivity index (χ3n) is 2.14. The average molecular weight is 235 g/mol. The summed E-state index contributed by atoms with van der Waals surface area (Å²) in [5.41, 5.74) is 1.62. The summed E-state index contributed by atoms with van der Waals surface area (Å²) in [7, 11) is 0. The van der Waals surface area contributed by atoms with Crippen LogP contribution in [0.1, 0.15) is 24.4 Å². The maximum absolute atomic E-state index is 11.7. The number of allylic oxidation sites excluding steroid dienone is 2. The van der Waals surface area contributed by atoms with Gasteiger partial charge in [-0.25, -0.2) is 0 Å². The zero-order valence-electron chi connectivity index (χ0n) is 9.08. The summed E-state index contributed by atoms with van der Waals surface area (Å²) in [6.07, 6.45) is 1.55. The van der Waals surface area contributed by atoms with Crippen LogP contribution >= 0.6 is 11.6 Å².